The first-order valence-corrected chi connectivity index (χ1v) is 5.59. The minimum Gasteiger partial charge on any atom is -0.493 e. The molecule has 0 fully saturated rings. The fourth-order valence-corrected chi connectivity index (χ4v) is 1.72. The molecule has 0 bridgehead atoms. The molecule has 0 aliphatic heterocycles. The van der Waals surface area contributed by atoms with Crippen molar-refractivity contribution in [1.29, 1.82) is 0 Å². The average molecular weight is 228 g/mol. The standard InChI is InChI=1S/C14H16N2O/c1-2-17-14-8-7-12(16)9-13(14)10-3-5-11(15)6-4-10/h3-9H,2,15-16H2,1H3. The topological polar surface area (TPSA) is 61.3 Å². The maximum absolute atomic E-state index is 5.81. The van der Waals surface area contributed by atoms with Crippen molar-refractivity contribution < 1.29 is 4.74 Å². The first kappa shape index (κ1) is 11.3. The van der Waals surface area contributed by atoms with Gasteiger partial charge in [0, 0.05) is 16.9 Å². The number of nitrogens with two attached hydrogens (primary N) is 2. The number of hydrogen-bond acceptors (Lipinski definition) is 3. The molecule has 0 aliphatic rings. The molecule has 4 N–H and O–H groups in total. The van der Waals surface area contributed by atoms with Crippen molar-refractivity contribution in [2.45, 2.75) is 6.92 Å². The summed E-state index contributed by atoms with van der Waals surface area (Å²) in [5, 5.41) is 0. The van der Waals surface area contributed by atoms with Gasteiger partial charge in [0.15, 0.2) is 0 Å². The Bertz CT molecular complexity index is 506. The van der Waals surface area contributed by atoms with Gasteiger partial charge in [-0.3, -0.25) is 0 Å². The molecule has 3 heteroatoms. The van der Waals surface area contributed by atoms with E-state index in [1.807, 2.05) is 49.4 Å². The lowest BCUT2D eigenvalue weighted by molar-refractivity contribution is 0.341. The van der Waals surface area contributed by atoms with Crippen LogP contribution in [-0.4, -0.2) is 6.61 Å². The molecule has 0 aromatic heterocycles. The lowest BCUT2D eigenvalue weighted by atomic mass is 10.0. The lowest BCUT2D eigenvalue weighted by Gasteiger charge is -2.11. The Morgan fingerprint density at radius 3 is 2.24 bits per heavy atom. The molecule has 2 rings (SSSR count). The highest BCUT2D eigenvalue weighted by atomic mass is 16.5. The minimum atomic E-state index is 0.631. The van der Waals surface area contributed by atoms with E-state index >= 15 is 0 Å². The van der Waals surface area contributed by atoms with Gasteiger partial charge in [-0.1, -0.05) is 12.1 Å². The maximum atomic E-state index is 5.81. The SMILES string of the molecule is CCOc1ccc(N)cc1-c1ccc(N)cc1. The zero-order chi connectivity index (χ0) is 12.3. The van der Waals surface area contributed by atoms with E-state index in [0.29, 0.717) is 6.61 Å². The van der Waals surface area contributed by atoms with E-state index in [4.69, 9.17) is 16.2 Å². The smallest absolute Gasteiger partial charge is 0.127 e. The van der Waals surface area contributed by atoms with Crippen LogP contribution in [0.2, 0.25) is 0 Å². The summed E-state index contributed by atoms with van der Waals surface area (Å²) in [5.41, 5.74) is 15.0. The second-order valence-electron chi connectivity index (χ2n) is 3.81. The molecule has 0 atom stereocenters. The van der Waals surface area contributed by atoms with E-state index in [-0.39, 0.29) is 0 Å². The van der Waals surface area contributed by atoms with Crippen LogP contribution in [0.1, 0.15) is 6.92 Å². The van der Waals surface area contributed by atoms with E-state index in [1.165, 1.54) is 0 Å². The fourth-order valence-electron chi connectivity index (χ4n) is 1.72. The van der Waals surface area contributed by atoms with Crippen molar-refractivity contribution >= 4 is 11.4 Å². The third-order valence-electron chi connectivity index (χ3n) is 2.53. The highest BCUT2D eigenvalue weighted by molar-refractivity contribution is 5.74. The number of rotatable bonds is 3. The first-order valence-electron chi connectivity index (χ1n) is 5.59. The van der Waals surface area contributed by atoms with Crippen molar-refractivity contribution in [3.63, 3.8) is 0 Å². The molecule has 0 radical (unpaired) electrons. The van der Waals surface area contributed by atoms with Gasteiger partial charge in [0.2, 0.25) is 0 Å². The number of anilines is 2. The van der Waals surface area contributed by atoms with Crippen molar-refractivity contribution in [2.75, 3.05) is 18.1 Å². The van der Waals surface area contributed by atoms with Crippen molar-refractivity contribution in [1.82, 2.24) is 0 Å². The third kappa shape index (κ3) is 2.50. The molecule has 0 unspecified atom stereocenters. The van der Waals surface area contributed by atoms with E-state index < -0.39 is 0 Å². The average Bonchev–Trinajstić information content (AvgIpc) is 2.33. The van der Waals surface area contributed by atoms with Crippen molar-refractivity contribution in [3.8, 4) is 16.9 Å². The van der Waals surface area contributed by atoms with E-state index in [2.05, 4.69) is 0 Å². The number of hydrogen-bond donors (Lipinski definition) is 2. The molecular weight excluding hydrogens is 212 g/mol. The second kappa shape index (κ2) is 4.78. The van der Waals surface area contributed by atoms with Crippen LogP contribution in [0.3, 0.4) is 0 Å². The van der Waals surface area contributed by atoms with E-state index in [1.54, 1.807) is 0 Å². The van der Waals surface area contributed by atoms with Gasteiger partial charge in [-0.05, 0) is 42.8 Å². The molecule has 2 aromatic carbocycles. The fraction of sp³-hybridized carbons (Fsp3) is 0.143. The van der Waals surface area contributed by atoms with Gasteiger partial charge in [-0.25, -0.2) is 0 Å². The Labute approximate surface area is 101 Å². The first-order chi connectivity index (χ1) is 8.20. The summed E-state index contributed by atoms with van der Waals surface area (Å²) >= 11 is 0. The van der Waals surface area contributed by atoms with E-state index in [0.717, 1.165) is 28.3 Å². The number of ether oxygens (including phenoxy) is 1. The molecule has 0 amide bonds. The number of benzene rings is 2. The third-order valence-corrected chi connectivity index (χ3v) is 2.53. The second-order valence-corrected chi connectivity index (χ2v) is 3.81. The van der Waals surface area contributed by atoms with Gasteiger partial charge < -0.3 is 16.2 Å². The minimum absolute atomic E-state index is 0.631. The molecule has 17 heavy (non-hydrogen) atoms. The van der Waals surface area contributed by atoms with Gasteiger partial charge in [0.25, 0.3) is 0 Å². The molecule has 0 saturated heterocycles. The predicted octanol–water partition coefficient (Wildman–Crippen LogP) is 2.92. The van der Waals surface area contributed by atoms with Crippen molar-refractivity contribution in [2.24, 2.45) is 0 Å². The highest BCUT2D eigenvalue weighted by Gasteiger charge is 2.06. The van der Waals surface area contributed by atoms with Gasteiger partial charge in [-0.2, -0.15) is 0 Å². The Kier molecular flexibility index (Phi) is 3.19. The molecule has 2 aromatic rings. The highest BCUT2D eigenvalue weighted by Crippen LogP contribution is 2.32. The molecule has 0 saturated carbocycles. The summed E-state index contributed by atoms with van der Waals surface area (Å²) in [6.45, 7) is 2.59. The van der Waals surface area contributed by atoms with Crippen LogP contribution in [0.15, 0.2) is 42.5 Å². The largest absolute Gasteiger partial charge is 0.493 e. The van der Waals surface area contributed by atoms with Gasteiger partial charge in [-0.15, -0.1) is 0 Å². The van der Waals surface area contributed by atoms with Crippen LogP contribution >= 0.6 is 0 Å². The van der Waals surface area contributed by atoms with Crippen LogP contribution in [0, 0.1) is 0 Å². The normalized spacial score (nSPS) is 10.2. The van der Waals surface area contributed by atoms with Crippen LogP contribution in [0.4, 0.5) is 11.4 Å². The van der Waals surface area contributed by atoms with Gasteiger partial charge in [0.1, 0.15) is 5.75 Å². The maximum Gasteiger partial charge on any atom is 0.127 e. The zero-order valence-corrected chi connectivity index (χ0v) is 9.81. The summed E-state index contributed by atoms with van der Waals surface area (Å²) in [7, 11) is 0. The summed E-state index contributed by atoms with van der Waals surface area (Å²) in [5.74, 6) is 0.839. The zero-order valence-electron chi connectivity index (χ0n) is 9.81. The summed E-state index contributed by atoms with van der Waals surface area (Å²) in [6, 6.07) is 13.3. The summed E-state index contributed by atoms with van der Waals surface area (Å²) in [6.07, 6.45) is 0. The molecule has 0 aliphatic carbocycles. The lowest BCUT2D eigenvalue weighted by Crippen LogP contribution is -1.95. The molecule has 3 nitrogen and oxygen atoms in total. The van der Waals surface area contributed by atoms with Crippen LogP contribution in [-0.2, 0) is 0 Å². The Morgan fingerprint density at radius 2 is 1.59 bits per heavy atom. The van der Waals surface area contributed by atoms with Crippen LogP contribution in [0.25, 0.3) is 11.1 Å². The Morgan fingerprint density at radius 1 is 0.941 bits per heavy atom. The van der Waals surface area contributed by atoms with Gasteiger partial charge in [0.05, 0.1) is 6.61 Å². The summed E-state index contributed by atoms with van der Waals surface area (Å²) in [4.78, 5) is 0. The monoisotopic (exact) mass is 228 g/mol. The Balaban J connectivity index is 2.48. The summed E-state index contributed by atoms with van der Waals surface area (Å²) < 4.78 is 5.59. The molecule has 0 heterocycles. The quantitative estimate of drug-likeness (QED) is 0.794. The predicted molar refractivity (Wildman–Crippen MR) is 71.9 cm³/mol. The molecular formula is C14H16N2O. The molecule has 0 spiro atoms. The Hall–Kier alpha value is -2.16. The van der Waals surface area contributed by atoms with E-state index in [9.17, 15) is 0 Å². The number of nitrogen functional groups attached to an aromatic ring is 2. The van der Waals surface area contributed by atoms with Gasteiger partial charge >= 0.3 is 0 Å². The van der Waals surface area contributed by atoms with Crippen LogP contribution in [0.5, 0.6) is 5.75 Å². The van der Waals surface area contributed by atoms with Crippen LogP contribution < -0.4 is 16.2 Å². The van der Waals surface area contributed by atoms with Crippen molar-refractivity contribution in [3.05, 3.63) is 42.5 Å². The molecule has 88 valence electrons.